The number of nitrogens with zero attached hydrogens (tertiary/aromatic N) is 2. The van der Waals surface area contributed by atoms with Gasteiger partial charge in [-0.3, -0.25) is 4.79 Å². The molecule has 0 aliphatic heterocycles. The molecule has 0 unspecified atom stereocenters. The molecule has 1 aromatic carbocycles. The van der Waals surface area contributed by atoms with E-state index in [-0.39, 0.29) is 28.7 Å². The monoisotopic (exact) mass is 293 g/mol. The molecule has 6 nitrogen and oxygen atoms in total. The SMILES string of the molecule is Cc1nccn1CC(=O)Nc1cc(C(=O)O)ccc1Cl. The highest BCUT2D eigenvalue weighted by Gasteiger charge is 2.11. The first-order valence-electron chi connectivity index (χ1n) is 5.78. The molecule has 0 radical (unpaired) electrons. The molecule has 2 rings (SSSR count). The molecule has 0 atom stereocenters. The zero-order valence-corrected chi connectivity index (χ0v) is 11.4. The maximum Gasteiger partial charge on any atom is 0.335 e. The third kappa shape index (κ3) is 3.16. The number of aromatic carboxylic acids is 1. The van der Waals surface area contributed by atoms with E-state index in [9.17, 15) is 9.59 Å². The number of benzene rings is 1. The van der Waals surface area contributed by atoms with Crippen molar-refractivity contribution in [3.05, 3.63) is 47.0 Å². The molecule has 0 spiro atoms. The van der Waals surface area contributed by atoms with Crippen LogP contribution in [0.5, 0.6) is 0 Å². The van der Waals surface area contributed by atoms with Crippen LogP contribution >= 0.6 is 11.6 Å². The fourth-order valence-electron chi connectivity index (χ4n) is 1.67. The van der Waals surface area contributed by atoms with Gasteiger partial charge < -0.3 is 15.0 Å². The fourth-order valence-corrected chi connectivity index (χ4v) is 1.83. The van der Waals surface area contributed by atoms with Gasteiger partial charge in [0, 0.05) is 12.4 Å². The van der Waals surface area contributed by atoms with Crippen LogP contribution in [0, 0.1) is 6.92 Å². The second-order valence-corrected chi connectivity index (χ2v) is 4.56. The van der Waals surface area contributed by atoms with E-state index in [1.807, 2.05) is 0 Å². The maximum atomic E-state index is 11.9. The lowest BCUT2D eigenvalue weighted by atomic mass is 10.2. The Balaban J connectivity index is 2.13. The lowest BCUT2D eigenvalue weighted by molar-refractivity contribution is -0.116. The number of halogens is 1. The number of carboxylic acid groups (broad SMARTS) is 1. The number of carbonyl (C=O) groups is 2. The minimum atomic E-state index is -1.08. The Hall–Kier alpha value is -2.34. The number of aryl methyl sites for hydroxylation is 1. The molecule has 2 aromatic rings. The van der Waals surface area contributed by atoms with Crippen LogP contribution in [0.15, 0.2) is 30.6 Å². The summed E-state index contributed by atoms with van der Waals surface area (Å²) in [6.45, 7) is 1.87. The first kappa shape index (κ1) is 14.1. The fraction of sp³-hybridized carbons (Fsp3) is 0.154. The van der Waals surface area contributed by atoms with Gasteiger partial charge in [-0.25, -0.2) is 9.78 Å². The third-order valence-electron chi connectivity index (χ3n) is 2.72. The van der Waals surface area contributed by atoms with Crippen LogP contribution in [0.3, 0.4) is 0 Å². The summed E-state index contributed by atoms with van der Waals surface area (Å²) in [4.78, 5) is 26.8. The molecule has 0 saturated heterocycles. The van der Waals surface area contributed by atoms with Crippen molar-refractivity contribution in [3.8, 4) is 0 Å². The second kappa shape index (κ2) is 5.75. The molecule has 0 fully saturated rings. The van der Waals surface area contributed by atoms with E-state index in [0.29, 0.717) is 5.82 Å². The maximum absolute atomic E-state index is 11.9. The predicted molar refractivity (Wildman–Crippen MR) is 74.0 cm³/mol. The summed E-state index contributed by atoms with van der Waals surface area (Å²) in [5, 5.41) is 11.8. The Labute approximate surface area is 120 Å². The number of carbonyl (C=O) groups excluding carboxylic acids is 1. The van der Waals surface area contributed by atoms with Crippen LogP contribution in [0.2, 0.25) is 5.02 Å². The smallest absolute Gasteiger partial charge is 0.335 e. The number of imidazole rings is 1. The lowest BCUT2D eigenvalue weighted by Gasteiger charge is -2.09. The number of rotatable bonds is 4. The van der Waals surface area contributed by atoms with E-state index in [1.54, 1.807) is 23.9 Å². The van der Waals surface area contributed by atoms with E-state index >= 15 is 0 Å². The molecule has 104 valence electrons. The zero-order valence-electron chi connectivity index (χ0n) is 10.6. The highest BCUT2D eigenvalue weighted by Crippen LogP contribution is 2.23. The Bertz CT molecular complexity index is 667. The topological polar surface area (TPSA) is 84.2 Å². The van der Waals surface area contributed by atoms with Gasteiger partial charge in [0.25, 0.3) is 0 Å². The highest BCUT2D eigenvalue weighted by atomic mass is 35.5. The molecule has 1 amide bonds. The summed E-state index contributed by atoms with van der Waals surface area (Å²) in [6.07, 6.45) is 3.28. The minimum absolute atomic E-state index is 0.0588. The molecule has 1 aromatic heterocycles. The largest absolute Gasteiger partial charge is 0.478 e. The van der Waals surface area contributed by atoms with Gasteiger partial charge in [0.1, 0.15) is 12.4 Å². The van der Waals surface area contributed by atoms with Crippen molar-refractivity contribution >= 4 is 29.2 Å². The van der Waals surface area contributed by atoms with Crippen molar-refractivity contribution in [2.45, 2.75) is 13.5 Å². The zero-order chi connectivity index (χ0) is 14.7. The van der Waals surface area contributed by atoms with Crippen molar-refractivity contribution in [1.29, 1.82) is 0 Å². The van der Waals surface area contributed by atoms with Gasteiger partial charge in [-0.05, 0) is 25.1 Å². The van der Waals surface area contributed by atoms with Crippen LogP contribution in [-0.4, -0.2) is 26.5 Å². The Kier molecular flexibility index (Phi) is 4.05. The summed E-state index contributed by atoms with van der Waals surface area (Å²) in [7, 11) is 0. The van der Waals surface area contributed by atoms with E-state index in [0.717, 1.165) is 0 Å². The quantitative estimate of drug-likeness (QED) is 0.905. The van der Waals surface area contributed by atoms with Gasteiger partial charge in [0.05, 0.1) is 16.3 Å². The summed E-state index contributed by atoms with van der Waals surface area (Å²) < 4.78 is 1.67. The number of nitrogens with one attached hydrogen (secondary N) is 1. The van der Waals surface area contributed by atoms with E-state index in [1.165, 1.54) is 18.2 Å². The number of amides is 1. The average molecular weight is 294 g/mol. The summed E-state index contributed by atoms with van der Waals surface area (Å²) in [5.41, 5.74) is 0.331. The molecule has 2 N–H and O–H groups in total. The van der Waals surface area contributed by atoms with Gasteiger partial charge in [-0.2, -0.15) is 0 Å². The van der Waals surface area contributed by atoms with Crippen LogP contribution in [0.25, 0.3) is 0 Å². The molecule has 0 bridgehead atoms. The number of hydrogen-bond acceptors (Lipinski definition) is 3. The van der Waals surface area contributed by atoms with Gasteiger partial charge in [0.2, 0.25) is 5.91 Å². The van der Waals surface area contributed by atoms with Gasteiger partial charge in [0.15, 0.2) is 0 Å². The summed E-state index contributed by atoms with van der Waals surface area (Å²) >= 11 is 5.93. The first-order chi connectivity index (χ1) is 9.47. The van der Waals surface area contributed by atoms with E-state index in [4.69, 9.17) is 16.7 Å². The molecular formula is C13H12ClN3O3. The number of hydrogen-bond donors (Lipinski definition) is 2. The van der Waals surface area contributed by atoms with Gasteiger partial charge in [-0.1, -0.05) is 11.6 Å². The Morgan fingerprint density at radius 1 is 1.45 bits per heavy atom. The van der Waals surface area contributed by atoms with Crippen LogP contribution in [-0.2, 0) is 11.3 Å². The van der Waals surface area contributed by atoms with Crippen molar-refractivity contribution in [2.24, 2.45) is 0 Å². The molecule has 7 heteroatoms. The molecule has 0 aliphatic carbocycles. The van der Waals surface area contributed by atoms with E-state index in [2.05, 4.69) is 10.3 Å². The van der Waals surface area contributed by atoms with Crippen molar-refractivity contribution < 1.29 is 14.7 Å². The molecule has 1 heterocycles. The molecule has 20 heavy (non-hydrogen) atoms. The third-order valence-corrected chi connectivity index (χ3v) is 3.05. The number of carboxylic acids is 1. The van der Waals surface area contributed by atoms with Crippen LogP contribution in [0.1, 0.15) is 16.2 Å². The van der Waals surface area contributed by atoms with Gasteiger partial charge >= 0.3 is 5.97 Å². The summed E-state index contributed by atoms with van der Waals surface area (Å²) in [6, 6.07) is 4.13. The minimum Gasteiger partial charge on any atom is -0.478 e. The van der Waals surface area contributed by atoms with Crippen molar-refractivity contribution in [1.82, 2.24) is 9.55 Å². The highest BCUT2D eigenvalue weighted by molar-refractivity contribution is 6.33. The predicted octanol–water partition coefficient (Wildman–Crippen LogP) is 2.18. The molecule has 0 aliphatic rings. The lowest BCUT2D eigenvalue weighted by Crippen LogP contribution is -2.19. The Morgan fingerprint density at radius 2 is 2.20 bits per heavy atom. The van der Waals surface area contributed by atoms with Gasteiger partial charge in [-0.15, -0.1) is 0 Å². The van der Waals surface area contributed by atoms with Crippen LogP contribution in [0.4, 0.5) is 5.69 Å². The number of aromatic nitrogens is 2. The number of anilines is 1. The average Bonchev–Trinajstić information content (AvgIpc) is 2.77. The van der Waals surface area contributed by atoms with Crippen molar-refractivity contribution in [3.63, 3.8) is 0 Å². The summed E-state index contributed by atoms with van der Waals surface area (Å²) in [5.74, 6) is -0.677. The first-order valence-corrected chi connectivity index (χ1v) is 6.15. The van der Waals surface area contributed by atoms with Crippen LogP contribution < -0.4 is 5.32 Å². The Morgan fingerprint density at radius 3 is 2.80 bits per heavy atom. The molecule has 0 saturated carbocycles. The van der Waals surface area contributed by atoms with E-state index < -0.39 is 5.97 Å². The molecular weight excluding hydrogens is 282 g/mol. The van der Waals surface area contributed by atoms with Crippen molar-refractivity contribution in [2.75, 3.05) is 5.32 Å². The normalized spacial score (nSPS) is 10.3. The standard InChI is InChI=1S/C13H12ClN3O3/c1-8-15-4-5-17(8)7-12(18)16-11-6-9(13(19)20)2-3-10(11)14/h2-6H,7H2,1H3,(H,16,18)(H,19,20). The second-order valence-electron chi connectivity index (χ2n) is 4.15.